The summed E-state index contributed by atoms with van der Waals surface area (Å²) in [6, 6.07) is 0. The van der Waals surface area contributed by atoms with Crippen molar-refractivity contribution >= 4 is 0 Å². The highest BCUT2D eigenvalue weighted by atomic mass is 15.2. The van der Waals surface area contributed by atoms with Crippen molar-refractivity contribution < 1.29 is 0 Å². The van der Waals surface area contributed by atoms with Crippen molar-refractivity contribution in [2.75, 3.05) is 21.1 Å². The zero-order valence-corrected chi connectivity index (χ0v) is 8.78. The van der Waals surface area contributed by atoms with Crippen molar-refractivity contribution in [1.29, 1.82) is 0 Å². The molecule has 72 valence electrons. The van der Waals surface area contributed by atoms with Crippen molar-refractivity contribution in [3.63, 3.8) is 0 Å². The number of hydrogen-bond acceptors (Lipinski definition) is 3. The zero-order valence-electron chi connectivity index (χ0n) is 8.78. The summed E-state index contributed by atoms with van der Waals surface area (Å²) in [6.45, 7) is 4.17. The quantitative estimate of drug-likeness (QED) is 0.532. The van der Waals surface area contributed by atoms with Crippen LogP contribution in [0.1, 0.15) is 20.3 Å². The molecule has 0 fully saturated rings. The highest BCUT2D eigenvalue weighted by Crippen LogP contribution is 2.09. The third-order valence-electron chi connectivity index (χ3n) is 2.32. The van der Waals surface area contributed by atoms with Gasteiger partial charge in [-0.05, 0) is 27.9 Å². The van der Waals surface area contributed by atoms with E-state index in [0.717, 1.165) is 6.42 Å². The second-order valence-corrected chi connectivity index (χ2v) is 3.07. The SMILES string of the molecule is C/C=C(\CC(C)(NC)NC)NC. The Morgan fingerprint density at radius 2 is 1.75 bits per heavy atom. The van der Waals surface area contributed by atoms with Gasteiger partial charge >= 0.3 is 0 Å². The maximum atomic E-state index is 3.24. The summed E-state index contributed by atoms with van der Waals surface area (Å²) in [5, 5.41) is 9.63. The second-order valence-electron chi connectivity index (χ2n) is 3.07. The number of allylic oxidation sites excluding steroid dienone is 1. The van der Waals surface area contributed by atoms with Crippen LogP contribution in [0.25, 0.3) is 0 Å². The van der Waals surface area contributed by atoms with Gasteiger partial charge in [0.05, 0.1) is 5.66 Å². The van der Waals surface area contributed by atoms with Crippen molar-refractivity contribution in [3.8, 4) is 0 Å². The molecule has 0 saturated heterocycles. The molecule has 0 radical (unpaired) electrons. The van der Waals surface area contributed by atoms with E-state index in [1.54, 1.807) is 0 Å². The molecule has 0 unspecified atom stereocenters. The molecular weight excluding hydrogens is 150 g/mol. The molecule has 3 nitrogen and oxygen atoms in total. The fourth-order valence-electron chi connectivity index (χ4n) is 1.02. The van der Waals surface area contributed by atoms with Gasteiger partial charge in [0.25, 0.3) is 0 Å². The van der Waals surface area contributed by atoms with Crippen molar-refractivity contribution in [1.82, 2.24) is 16.0 Å². The predicted octanol–water partition coefficient (Wildman–Crippen LogP) is 0.655. The van der Waals surface area contributed by atoms with Crippen LogP contribution >= 0.6 is 0 Å². The molecule has 3 N–H and O–H groups in total. The first-order valence-corrected chi connectivity index (χ1v) is 4.32. The largest absolute Gasteiger partial charge is 0.392 e. The van der Waals surface area contributed by atoms with Crippen LogP contribution in [0.2, 0.25) is 0 Å². The summed E-state index contributed by atoms with van der Waals surface area (Å²) < 4.78 is 0. The van der Waals surface area contributed by atoms with Gasteiger partial charge in [-0.15, -0.1) is 0 Å². The van der Waals surface area contributed by atoms with E-state index in [2.05, 4.69) is 29.0 Å². The van der Waals surface area contributed by atoms with E-state index < -0.39 is 0 Å². The lowest BCUT2D eigenvalue weighted by atomic mass is 10.1. The molecule has 0 aliphatic carbocycles. The monoisotopic (exact) mass is 171 g/mol. The Morgan fingerprint density at radius 3 is 2.00 bits per heavy atom. The van der Waals surface area contributed by atoms with Gasteiger partial charge in [0, 0.05) is 19.2 Å². The molecular formula is C9H21N3. The molecule has 0 rings (SSSR count). The summed E-state index contributed by atoms with van der Waals surface area (Å²) in [7, 11) is 5.86. The molecule has 0 heterocycles. The van der Waals surface area contributed by atoms with E-state index in [1.165, 1.54) is 5.70 Å². The number of rotatable bonds is 5. The summed E-state index contributed by atoms with van der Waals surface area (Å²) >= 11 is 0. The Balaban J connectivity index is 4.19. The molecule has 0 spiro atoms. The van der Waals surface area contributed by atoms with Crippen LogP contribution in [0.5, 0.6) is 0 Å². The minimum atomic E-state index is -0.0230. The lowest BCUT2D eigenvalue weighted by Gasteiger charge is -2.29. The maximum Gasteiger partial charge on any atom is 0.0708 e. The Kier molecular flexibility index (Phi) is 4.93. The number of nitrogens with one attached hydrogen (secondary N) is 3. The predicted molar refractivity (Wildman–Crippen MR) is 54.0 cm³/mol. The van der Waals surface area contributed by atoms with Gasteiger partial charge in [-0.1, -0.05) is 6.08 Å². The van der Waals surface area contributed by atoms with E-state index >= 15 is 0 Å². The fourth-order valence-corrected chi connectivity index (χ4v) is 1.02. The summed E-state index contributed by atoms with van der Waals surface area (Å²) in [4.78, 5) is 0. The first kappa shape index (κ1) is 11.5. The van der Waals surface area contributed by atoms with E-state index in [9.17, 15) is 0 Å². The van der Waals surface area contributed by atoms with Gasteiger partial charge in [-0.2, -0.15) is 0 Å². The first-order chi connectivity index (χ1) is 5.61. The van der Waals surface area contributed by atoms with Gasteiger partial charge in [0.15, 0.2) is 0 Å². The van der Waals surface area contributed by atoms with Gasteiger partial charge in [-0.3, -0.25) is 0 Å². The Bertz CT molecular complexity index is 148. The van der Waals surface area contributed by atoms with Crippen LogP contribution < -0.4 is 16.0 Å². The van der Waals surface area contributed by atoms with Crippen LogP contribution in [0.4, 0.5) is 0 Å². The molecule has 0 aromatic heterocycles. The molecule has 0 bridgehead atoms. The van der Waals surface area contributed by atoms with Gasteiger partial charge in [0.2, 0.25) is 0 Å². The minimum absolute atomic E-state index is 0.0230. The highest BCUT2D eigenvalue weighted by molar-refractivity contribution is 5.02. The van der Waals surface area contributed by atoms with Crippen LogP contribution in [-0.4, -0.2) is 26.8 Å². The van der Waals surface area contributed by atoms with Crippen molar-refractivity contribution in [2.45, 2.75) is 25.9 Å². The fraction of sp³-hybridized carbons (Fsp3) is 0.778. The highest BCUT2D eigenvalue weighted by Gasteiger charge is 2.19. The summed E-state index contributed by atoms with van der Waals surface area (Å²) in [5.41, 5.74) is 1.21. The third kappa shape index (κ3) is 3.24. The topological polar surface area (TPSA) is 36.1 Å². The Hall–Kier alpha value is -0.540. The summed E-state index contributed by atoms with van der Waals surface area (Å²) in [5.74, 6) is 0. The lowest BCUT2D eigenvalue weighted by Crippen LogP contribution is -2.52. The van der Waals surface area contributed by atoms with Crippen LogP contribution in [0, 0.1) is 0 Å². The average Bonchev–Trinajstić information content (AvgIpc) is 2.14. The van der Waals surface area contributed by atoms with Crippen LogP contribution in [-0.2, 0) is 0 Å². The van der Waals surface area contributed by atoms with Crippen LogP contribution in [0.3, 0.4) is 0 Å². The third-order valence-corrected chi connectivity index (χ3v) is 2.32. The standard InChI is InChI=1S/C9H21N3/c1-6-8(10-3)7-9(2,11-4)12-5/h6,10-12H,7H2,1-5H3/b8-6+. The minimum Gasteiger partial charge on any atom is -0.392 e. The molecule has 0 amide bonds. The molecule has 0 aliphatic rings. The normalized spacial score (nSPS) is 13.2. The second kappa shape index (κ2) is 5.17. The average molecular weight is 171 g/mol. The van der Waals surface area contributed by atoms with E-state index in [4.69, 9.17) is 0 Å². The molecule has 0 saturated carbocycles. The van der Waals surface area contributed by atoms with Crippen molar-refractivity contribution in [3.05, 3.63) is 11.8 Å². The molecule has 0 atom stereocenters. The Labute approximate surface area is 75.6 Å². The molecule has 3 heteroatoms. The molecule has 12 heavy (non-hydrogen) atoms. The van der Waals surface area contributed by atoms with Gasteiger partial charge in [0.1, 0.15) is 0 Å². The van der Waals surface area contributed by atoms with Gasteiger partial charge in [-0.25, -0.2) is 0 Å². The Morgan fingerprint density at radius 1 is 1.25 bits per heavy atom. The van der Waals surface area contributed by atoms with Crippen molar-refractivity contribution in [2.24, 2.45) is 0 Å². The number of hydrogen-bond donors (Lipinski definition) is 3. The van der Waals surface area contributed by atoms with E-state index in [1.807, 2.05) is 28.1 Å². The van der Waals surface area contributed by atoms with Crippen LogP contribution in [0.15, 0.2) is 11.8 Å². The molecule has 0 aromatic carbocycles. The first-order valence-electron chi connectivity index (χ1n) is 4.32. The lowest BCUT2D eigenvalue weighted by molar-refractivity contribution is 0.320. The smallest absolute Gasteiger partial charge is 0.0708 e. The maximum absolute atomic E-state index is 3.24. The summed E-state index contributed by atoms with van der Waals surface area (Å²) in [6.07, 6.45) is 3.04. The zero-order chi connectivity index (χ0) is 9.61. The van der Waals surface area contributed by atoms with Gasteiger partial charge < -0.3 is 16.0 Å². The van der Waals surface area contributed by atoms with E-state index in [-0.39, 0.29) is 5.66 Å². The molecule has 0 aromatic rings. The molecule has 0 aliphatic heterocycles. The van der Waals surface area contributed by atoms with E-state index in [0.29, 0.717) is 0 Å².